The van der Waals surface area contributed by atoms with Crippen molar-refractivity contribution >= 4 is 40.2 Å². The summed E-state index contributed by atoms with van der Waals surface area (Å²) in [5.74, 6) is 1.71. The first-order valence-electron chi connectivity index (χ1n) is 10.7. The average Bonchev–Trinajstić information content (AvgIpc) is 3.22. The molecule has 7 nitrogen and oxygen atoms in total. The van der Waals surface area contributed by atoms with Crippen LogP contribution in [0, 0.1) is 0 Å². The Kier molecular flexibility index (Phi) is 5.63. The molecule has 172 valence electrons. The molecule has 0 fully saturated rings. The van der Waals surface area contributed by atoms with E-state index < -0.39 is 6.04 Å². The zero-order chi connectivity index (χ0) is 23.8. The lowest BCUT2D eigenvalue weighted by Crippen LogP contribution is -2.31. The first kappa shape index (κ1) is 21.9. The number of ether oxygens (including phenoxy) is 2. The van der Waals surface area contributed by atoms with Crippen molar-refractivity contribution in [1.82, 2.24) is 9.55 Å². The molecule has 1 aromatic heterocycles. The number of allylic oxidation sites excluding steroid dienone is 1. The number of hydrogen-bond acceptors (Lipinski definition) is 5. The molecule has 0 spiro atoms. The van der Waals surface area contributed by atoms with Crippen LogP contribution in [0.2, 0.25) is 5.02 Å². The molecular formula is C26H23ClN4O3. The van der Waals surface area contributed by atoms with E-state index in [0.29, 0.717) is 39.4 Å². The number of aromatic nitrogens is 2. The van der Waals surface area contributed by atoms with Gasteiger partial charge in [0, 0.05) is 22.0 Å². The molecule has 3 aromatic carbocycles. The van der Waals surface area contributed by atoms with Gasteiger partial charge >= 0.3 is 0 Å². The van der Waals surface area contributed by atoms with Crippen LogP contribution in [0.5, 0.6) is 11.5 Å². The van der Waals surface area contributed by atoms with Gasteiger partial charge in [0.25, 0.3) is 5.91 Å². The van der Waals surface area contributed by atoms with Crippen LogP contribution in [-0.2, 0) is 4.79 Å². The molecule has 1 aliphatic heterocycles. The summed E-state index contributed by atoms with van der Waals surface area (Å²) in [6.45, 7) is 1.87. The highest BCUT2D eigenvalue weighted by atomic mass is 35.5. The number of carbonyl (C=O) groups is 1. The molecule has 2 heterocycles. The van der Waals surface area contributed by atoms with Crippen molar-refractivity contribution in [3.05, 3.63) is 88.6 Å². The number of halogens is 1. The molecule has 1 amide bonds. The minimum absolute atomic E-state index is 0.245. The third-order valence-corrected chi connectivity index (χ3v) is 6.16. The Morgan fingerprint density at radius 2 is 1.82 bits per heavy atom. The van der Waals surface area contributed by atoms with Gasteiger partial charge in [-0.1, -0.05) is 23.7 Å². The van der Waals surface area contributed by atoms with Gasteiger partial charge in [0.15, 0.2) is 0 Å². The molecule has 0 saturated carbocycles. The summed E-state index contributed by atoms with van der Waals surface area (Å²) in [5, 5.41) is 6.92. The van der Waals surface area contributed by atoms with Crippen molar-refractivity contribution in [2.45, 2.75) is 13.0 Å². The number of rotatable bonds is 5. The number of carbonyl (C=O) groups excluding carboxylic acids is 1. The highest BCUT2D eigenvalue weighted by Gasteiger charge is 2.36. The molecule has 1 atom stereocenters. The maximum absolute atomic E-state index is 13.7. The first-order chi connectivity index (χ1) is 16.5. The van der Waals surface area contributed by atoms with Gasteiger partial charge in [-0.3, -0.25) is 9.36 Å². The van der Waals surface area contributed by atoms with Gasteiger partial charge in [0.1, 0.15) is 11.5 Å². The van der Waals surface area contributed by atoms with E-state index in [2.05, 4.69) is 10.6 Å². The summed E-state index contributed by atoms with van der Waals surface area (Å²) in [5.41, 5.74) is 4.38. The average molecular weight is 475 g/mol. The molecule has 0 radical (unpaired) electrons. The number of nitrogens with zero attached hydrogens (tertiary/aromatic N) is 2. The van der Waals surface area contributed by atoms with Gasteiger partial charge < -0.3 is 20.1 Å². The minimum Gasteiger partial charge on any atom is -0.497 e. The van der Waals surface area contributed by atoms with E-state index in [1.165, 1.54) is 0 Å². The second-order valence-corrected chi connectivity index (χ2v) is 8.37. The van der Waals surface area contributed by atoms with Crippen LogP contribution < -0.4 is 20.1 Å². The van der Waals surface area contributed by atoms with Crippen LogP contribution in [0.3, 0.4) is 0 Å². The zero-order valence-electron chi connectivity index (χ0n) is 18.9. The highest BCUT2D eigenvalue weighted by molar-refractivity contribution is 6.30. The molecule has 0 unspecified atom stereocenters. The van der Waals surface area contributed by atoms with Crippen molar-refractivity contribution in [1.29, 1.82) is 0 Å². The topological polar surface area (TPSA) is 77.4 Å². The van der Waals surface area contributed by atoms with Gasteiger partial charge in [0.2, 0.25) is 5.95 Å². The summed E-state index contributed by atoms with van der Waals surface area (Å²) in [6, 6.07) is 19.9. The lowest BCUT2D eigenvalue weighted by molar-refractivity contribution is -0.113. The number of amides is 1. The van der Waals surface area contributed by atoms with E-state index >= 15 is 0 Å². The van der Waals surface area contributed by atoms with Crippen LogP contribution in [0.4, 0.5) is 11.6 Å². The smallest absolute Gasteiger partial charge is 0.255 e. The van der Waals surface area contributed by atoms with E-state index in [1.54, 1.807) is 38.5 Å². The molecule has 4 aromatic rings. The van der Waals surface area contributed by atoms with E-state index in [-0.39, 0.29) is 5.91 Å². The Bertz CT molecular complexity index is 1430. The predicted octanol–water partition coefficient (Wildman–Crippen LogP) is 5.63. The summed E-state index contributed by atoms with van der Waals surface area (Å²) in [4.78, 5) is 18.5. The van der Waals surface area contributed by atoms with Crippen molar-refractivity contribution in [2.75, 3.05) is 24.9 Å². The van der Waals surface area contributed by atoms with Crippen LogP contribution >= 0.6 is 11.6 Å². The van der Waals surface area contributed by atoms with Gasteiger partial charge in [-0.05, 0) is 61.5 Å². The molecule has 34 heavy (non-hydrogen) atoms. The lowest BCUT2D eigenvalue weighted by atomic mass is 9.93. The molecule has 1 aliphatic rings. The minimum atomic E-state index is -0.513. The summed E-state index contributed by atoms with van der Waals surface area (Å²) >= 11 is 6.02. The quantitative estimate of drug-likeness (QED) is 0.391. The number of imidazole rings is 1. The summed E-state index contributed by atoms with van der Waals surface area (Å²) in [7, 11) is 3.23. The summed E-state index contributed by atoms with van der Waals surface area (Å²) in [6.07, 6.45) is 0. The fourth-order valence-corrected chi connectivity index (χ4v) is 4.46. The van der Waals surface area contributed by atoms with Gasteiger partial charge in [0.05, 0.1) is 36.9 Å². The number of hydrogen-bond donors (Lipinski definition) is 2. The second-order valence-electron chi connectivity index (χ2n) is 7.93. The first-order valence-corrected chi connectivity index (χ1v) is 11.1. The molecule has 0 bridgehead atoms. The Morgan fingerprint density at radius 1 is 1.06 bits per heavy atom. The maximum atomic E-state index is 13.7. The molecule has 5 rings (SSSR count). The SMILES string of the molecule is COc1ccc(OC)c([C@H]2C(C(=O)Nc3ccc(Cl)cc3)=C(C)Nc3nc4ccccc4n32)c1. The Labute approximate surface area is 202 Å². The molecule has 2 N–H and O–H groups in total. The Morgan fingerprint density at radius 3 is 2.56 bits per heavy atom. The monoisotopic (exact) mass is 474 g/mol. The number of para-hydroxylation sites is 2. The third-order valence-electron chi connectivity index (χ3n) is 5.91. The van der Waals surface area contributed by atoms with Crippen molar-refractivity contribution in [3.8, 4) is 11.5 Å². The van der Waals surface area contributed by atoms with E-state index in [1.807, 2.05) is 54.0 Å². The Hall–Kier alpha value is -3.97. The molecule has 0 aliphatic carbocycles. The third kappa shape index (κ3) is 3.74. The molecule has 8 heteroatoms. The van der Waals surface area contributed by atoms with Crippen LogP contribution in [-0.4, -0.2) is 29.7 Å². The number of nitrogens with one attached hydrogen (secondary N) is 2. The fourth-order valence-electron chi connectivity index (χ4n) is 4.34. The van der Waals surface area contributed by atoms with Crippen LogP contribution in [0.15, 0.2) is 78.0 Å². The lowest BCUT2D eigenvalue weighted by Gasteiger charge is -2.31. The van der Waals surface area contributed by atoms with E-state index in [4.69, 9.17) is 26.1 Å². The zero-order valence-corrected chi connectivity index (χ0v) is 19.7. The van der Waals surface area contributed by atoms with Gasteiger partial charge in [-0.2, -0.15) is 0 Å². The van der Waals surface area contributed by atoms with Crippen molar-refractivity contribution in [3.63, 3.8) is 0 Å². The normalized spacial score (nSPS) is 15.0. The standard InChI is InChI=1S/C26H23ClN4O3/c1-15-23(25(32)29-17-10-8-16(27)9-11-17)24(19-14-18(33-2)12-13-22(19)34-3)31-21-7-5-4-6-20(21)30-26(31)28-15/h4-14,24H,1-3H3,(H,28,30)(H,29,32)/t24-/m0/s1. The Balaban J connectivity index is 1.71. The second kappa shape index (κ2) is 8.76. The molecule has 0 saturated heterocycles. The van der Waals surface area contributed by atoms with E-state index in [9.17, 15) is 4.79 Å². The van der Waals surface area contributed by atoms with Gasteiger partial charge in [-0.15, -0.1) is 0 Å². The largest absolute Gasteiger partial charge is 0.497 e. The maximum Gasteiger partial charge on any atom is 0.255 e. The van der Waals surface area contributed by atoms with E-state index in [0.717, 1.165) is 16.6 Å². The fraction of sp³-hybridized carbons (Fsp3) is 0.154. The van der Waals surface area contributed by atoms with Crippen molar-refractivity contribution in [2.24, 2.45) is 0 Å². The summed E-state index contributed by atoms with van der Waals surface area (Å²) < 4.78 is 13.2. The number of methoxy groups -OCH3 is 2. The van der Waals surface area contributed by atoms with Crippen molar-refractivity contribution < 1.29 is 14.3 Å². The van der Waals surface area contributed by atoms with Gasteiger partial charge in [-0.25, -0.2) is 4.98 Å². The van der Waals surface area contributed by atoms with Crippen LogP contribution in [0.25, 0.3) is 11.0 Å². The highest BCUT2D eigenvalue weighted by Crippen LogP contribution is 2.43. The number of fused-ring (bicyclic) bond motifs is 3. The van der Waals surface area contributed by atoms with Crippen LogP contribution in [0.1, 0.15) is 18.5 Å². The molecular weight excluding hydrogens is 452 g/mol. The number of anilines is 2. The predicted molar refractivity (Wildman–Crippen MR) is 134 cm³/mol. The number of benzene rings is 3.